The molecular formula is C17H16O8S. The zero-order chi connectivity index (χ0) is 19.1. The second-order valence-corrected chi connectivity index (χ2v) is 5.83. The van der Waals surface area contributed by atoms with Gasteiger partial charge in [0.2, 0.25) is 0 Å². The minimum atomic E-state index is -0.963. The number of benzene rings is 2. The van der Waals surface area contributed by atoms with Gasteiger partial charge in [0.1, 0.15) is 0 Å². The van der Waals surface area contributed by atoms with Crippen LogP contribution in [-0.2, 0) is 19.0 Å². The van der Waals surface area contributed by atoms with Crippen molar-refractivity contribution < 1.29 is 38.1 Å². The summed E-state index contributed by atoms with van der Waals surface area (Å²) in [6, 6.07) is 8.43. The lowest BCUT2D eigenvalue weighted by atomic mass is 10.1. The van der Waals surface area contributed by atoms with E-state index in [2.05, 4.69) is 14.2 Å². The molecule has 2 aromatic carbocycles. The molecule has 138 valence electrons. The van der Waals surface area contributed by atoms with Crippen LogP contribution in [0.25, 0.3) is 10.8 Å². The molecule has 26 heavy (non-hydrogen) atoms. The average molecular weight is 380 g/mol. The maximum atomic E-state index is 11.4. The monoisotopic (exact) mass is 380 g/mol. The third-order valence-electron chi connectivity index (χ3n) is 3.18. The number of fused-ring (bicyclic) bond motifs is 1. The summed E-state index contributed by atoms with van der Waals surface area (Å²) in [5, 5.41) is 1.43. The number of ether oxygens (including phenoxy) is 5. The highest BCUT2D eigenvalue weighted by Gasteiger charge is 2.16. The summed E-state index contributed by atoms with van der Waals surface area (Å²) in [7, 11) is 3.64. The van der Waals surface area contributed by atoms with Crippen molar-refractivity contribution >= 4 is 40.8 Å². The Morgan fingerprint density at radius 3 is 1.92 bits per heavy atom. The molecule has 0 N–H and O–H groups in total. The highest BCUT2D eigenvalue weighted by Crippen LogP contribution is 2.35. The van der Waals surface area contributed by atoms with Crippen molar-refractivity contribution in [2.24, 2.45) is 0 Å². The summed E-state index contributed by atoms with van der Waals surface area (Å²) in [5.41, 5.74) is 0. The van der Waals surface area contributed by atoms with Crippen molar-refractivity contribution in [1.29, 1.82) is 0 Å². The molecule has 0 saturated carbocycles. The predicted molar refractivity (Wildman–Crippen MR) is 92.8 cm³/mol. The highest BCUT2D eigenvalue weighted by molar-refractivity contribution is 8.00. The number of thioether (sulfide) groups is 1. The summed E-state index contributed by atoms with van der Waals surface area (Å²) in [6.07, 6.45) is -1.92. The molecule has 0 amide bonds. The third kappa shape index (κ3) is 5.03. The molecular weight excluding hydrogens is 364 g/mol. The van der Waals surface area contributed by atoms with Gasteiger partial charge in [-0.15, -0.1) is 11.8 Å². The molecule has 0 heterocycles. The molecule has 9 heteroatoms. The molecule has 2 rings (SSSR count). The van der Waals surface area contributed by atoms with E-state index in [1.54, 1.807) is 18.2 Å². The molecule has 0 fully saturated rings. The largest absolute Gasteiger partial charge is 0.513 e. The predicted octanol–water partition coefficient (Wildman–Crippen LogP) is 3.40. The molecule has 0 radical (unpaired) electrons. The number of esters is 1. The summed E-state index contributed by atoms with van der Waals surface area (Å²) >= 11 is 1.30. The summed E-state index contributed by atoms with van der Waals surface area (Å²) in [5.74, 6) is -0.182. The molecule has 0 bridgehead atoms. The minimum absolute atomic E-state index is 0.00436. The number of carbonyl (C=O) groups is 3. The van der Waals surface area contributed by atoms with Crippen LogP contribution < -0.4 is 9.47 Å². The third-order valence-corrected chi connectivity index (χ3v) is 4.15. The van der Waals surface area contributed by atoms with Crippen LogP contribution in [0.3, 0.4) is 0 Å². The summed E-state index contributed by atoms with van der Waals surface area (Å²) in [6.45, 7) is 0. The fraction of sp³-hybridized carbons (Fsp3) is 0.235. The summed E-state index contributed by atoms with van der Waals surface area (Å²) in [4.78, 5) is 34.9. The van der Waals surface area contributed by atoms with Gasteiger partial charge >= 0.3 is 18.3 Å². The minimum Gasteiger partial charge on any atom is -0.468 e. The van der Waals surface area contributed by atoms with Crippen LogP contribution in [0, 0.1) is 0 Å². The van der Waals surface area contributed by atoms with E-state index in [1.807, 2.05) is 0 Å². The lowest BCUT2D eigenvalue weighted by Gasteiger charge is -2.11. The normalized spacial score (nSPS) is 10.1. The Kier molecular flexibility index (Phi) is 6.67. The first-order valence-corrected chi connectivity index (χ1v) is 8.24. The van der Waals surface area contributed by atoms with E-state index >= 15 is 0 Å². The molecule has 0 aliphatic carbocycles. The lowest BCUT2D eigenvalue weighted by molar-refractivity contribution is -0.137. The van der Waals surface area contributed by atoms with E-state index < -0.39 is 12.3 Å². The van der Waals surface area contributed by atoms with Crippen LogP contribution >= 0.6 is 11.8 Å². The van der Waals surface area contributed by atoms with Gasteiger partial charge < -0.3 is 23.7 Å². The summed E-state index contributed by atoms with van der Waals surface area (Å²) < 4.78 is 23.6. The Hall–Kier alpha value is -2.94. The van der Waals surface area contributed by atoms with Gasteiger partial charge in [0, 0.05) is 4.90 Å². The van der Waals surface area contributed by atoms with Gasteiger partial charge in [-0.25, -0.2) is 9.59 Å². The Balaban J connectivity index is 2.38. The van der Waals surface area contributed by atoms with E-state index in [0.717, 1.165) is 24.5 Å². The number of hydrogen-bond donors (Lipinski definition) is 0. The van der Waals surface area contributed by atoms with Crippen LogP contribution in [0.5, 0.6) is 11.5 Å². The first-order valence-electron chi connectivity index (χ1n) is 7.26. The van der Waals surface area contributed by atoms with Crippen LogP contribution in [0.4, 0.5) is 9.59 Å². The maximum absolute atomic E-state index is 11.4. The van der Waals surface area contributed by atoms with E-state index in [4.69, 9.17) is 9.47 Å². The van der Waals surface area contributed by atoms with E-state index in [0.29, 0.717) is 5.39 Å². The SMILES string of the molecule is COC(=O)CSc1ccc2cc(OC(=O)OC)c(OC(=O)OC)cc2c1. The maximum Gasteiger partial charge on any atom is 0.513 e. The van der Waals surface area contributed by atoms with Crippen molar-refractivity contribution in [3.8, 4) is 11.5 Å². The number of rotatable bonds is 5. The van der Waals surface area contributed by atoms with Gasteiger partial charge in [0.25, 0.3) is 0 Å². The van der Waals surface area contributed by atoms with Crippen molar-refractivity contribution in [2.45, 2.75) is 4.90 Å². The molecule has 0 saturated heterocycles. The van der Waals surface area contributed by atoms with Crippen molar-refractivity contribution in [1.82, 2.24) is 0 Å². The molecule has 8 nitrogen and oxygen atoms in total. The van der Waals surface area contributed by atoms with Crippen molar-refractivity contribution in [3.05, 3.63) is 30.3 Å². The Morgan fingerprint density at radius 2 is 1.38 bits per heavy atom. The van der Waals surface area contributed by atoms with Gasteiger partial charge in [-0.2, -0.15) is 0 Å². The Bertz CT molecular complexity index is 833. The highest BCUT2D eigenvalue weighted by atomic mass is 32.2. The molecule has 0 aliphatic heterocycles. The van der Waals surface area contributed by atoms with Crippen LogP contribution in [0.15, 0.2) is 35.2 Å². The number of carbonyl (C=O) groups excluding carboxylic acids is 3. The van der Waals surface area contributed by atoms with E-state index in [-0.39, 0.29) is 23.2 Å². The van der Waals surface area contributed by atoms with E-state index in [1.165, 1.54) is 31.0 Å². The molecule has 0 spiro atoms. The second-order valence-electron chi connectivity index (χ2n) is 4.79. The average Bonchev–Trinajstić information content (AvgIpc) is 2.65. The van der Waals surface area contributed by atoms with Crippen LogP contribution in [-0.4, -0.2) is 45.4 Å². The Morgan fingerprint density at radius 1 is 0.808 bits per heavy atom. The lowest BCUT2D eigenvalue weighted by Crippen LogP contribution is -2.12. The van der Waals surface area contributed by atoms with Gasteiger partial charge in [-0.3, -0.25) is 4.79 Å². The molecule has 0 atom stereocenters. The molecule has 2 aromatic rings. The van der Waals surface area contributed by atoms with E-state index in [9.17, 15) is 14.4 Å². The van der Waals surface area contributed by atoms with Gasteiger partial charge in [0.15, 0.2) is 11.5 Å². The van der Waals surface area contributed by atoms with Crippen LogP contribution in [0.2, 0.25) is 0 Å². The van der Waals surface area contributed by atoms with Gasteiger partial charge in [-0.05, 0) is 35.0 Å². The smallest absolute Gasteiger partial charge is 0.468 e. The topological polar surface area (TPSA) is 97.4 Å². The van der Waals surface area contributed by atoms with Crippen molar-refractivity contribution in [3.63, 3.8) is 0 Å². The van der Waals surface area contributed by atoms with Crippen molar-refractivity contribution in [2.75, 3.05) is 27.1 Å². The zero-order valence-electron chi connectivity index (χ0n) is 14.3. The number of methoxy groups -OCH3 is 3. The van der Waals surface area contributed by atoms with Gasteiger partial charge in [0.05, 0.1) is 27.1 Å². The fourth-order valence-electron chi connectivity index (χ4n) is 1.95. The van der Waals surface area contributed by atoms with Gasteiger partial charge in [-0.1, -0.05) is 6.07 Å². The molecule has 0 unspecified atom stereocenters. The quantitative estimate of drug-likeness (QED) is 0.334. The zero-order valence-corrected chi connectivity index (χ0v) is 15.1. The molecule has 0 aromatic heterocycles. The first kappa shape index (κ1) is 19.4. The Labute approximate surface area is 153 Å². The second kappa shape index (κ2) is 8.95. The van der Waals surface area contributed by atoms with Crippen LogP contribution in [0.1, 0.15) is 0 Å². The number of hydrogen-bond acceptors (Lipinski definition) is 9. The molecule has 0 aliphatic rings. The first-order chi connectivity index (χ1) is 12.5. The fourth-order valence-corrected chi connectivity index (χ4v) is 2.72. The standard InChI is InChI=1S/C17H16O8S/c1-21-15(18)9-26-12-5-4-10-7-13(24-16(19)22-2)14(8-11(10)6-12)25-17(20)23-3/h4-8H,9H2,1-3H3.